The van der Waals surface area contributed by atoms with Crippen molar-refractivity contribution in [3.8, 4) is 5.75 Å². The predicted molar refractivity (Wildman–Crippen MR) is 151 cm³/mol. The van der Waals surface area contributed by atoms with Gasteiger partial charge in [-0.25, -0.2) is 0 Å². The van der Waals surface area contributed by atoms with Crippen molar-refractivity contribution in [1.82, 2.24) is 19.7 Å². The van der Waals surface area contributed by atoms with Gasteiger partial charge in [0.25, 0.3) is 5.91 Å². The van der Waals surface area contributed by atoms with E-state index in [-0.39, 0.29) is 17.9 Å². The molecule has 1 amide bonds. The zero-order valence-corrected chi connectivity index (χ0v) is 23.8. The number of aryl methyl sites for hydroxylation is 2. The molecule has 206 valence electrons. The van der Waals surface area contributed by atoms with E-state index in [9.17, 15) is 9.90 Å². The van der Waals surface area contributed by atoms with Crippen LogP contribution in [0.15, 0.2) is 30.5 Å². The number of rotatable bonds is 13. The molecule has 1 saturated heterocycles. The molecule has 1 aliphatic heterocycles. The van der Waals surface area contributed by atoms with Gasteiger partial charge in [0.05, 0.1) is 6.10 Å². The van der Waals surface area contributed by atoms with Crippen molar-refractivity contribution >= 4 is 5.91 Å². The van der Waals surface area contributed by atoms with Gasteiger partial charge in [-0.2, -0.15) is 0 Å². The lowest BCUT2D eigenvalue weighted by molar-refractivity contribution is 0.0940. The number of piperazine rings is 1. The number of carbonyl (C=O) groups is 1. The SMILES string of the molecule is CCn1cc(C(CC)(CC)c2ccc(OCC(C)O)c(C)c2)cc1C(=O)NCCCN1CCN(C)CC1. The number of aliphatic hydroxyl groups is 1. The monoisotopic (exact) mass is 512 g/mol. The fourth-order valence-electron chi connectivity index (χ4n) is 5.44. The van der Waals surface area contributed by atoms with E-state index in [1.165, 1.54) is 11.1 Å². The van der Waals surface area contributed by atoms with E-state index < -0.39 is 6.10 Å². The van der Waals surface area contributed by atoms with Gasteiger partial charge >= 0.3 is 0 Å². The smallest absolute Gasteiger partial charge is 0.267 e. The zero-order valence-electron chi connectivity index (χ0n) is 23.8. The number of amides is 1. The van der Waals surface area contributed by atoms with Crippen molar-refractivity contribution in [2.24, 2.45) is 0 Å². The van der Waals surface area contributed by atoms with Crippen LogP contribution < -0.4 is 10.1 Å². The number of benzene rings is 1. The van der Waals surface area contributed by atoms with Crippen molar-refractivity contribution in [2.45, 2.75) is 71.9 Å². The second-order valence-corrected chi connectivity index (χ2v) is 10.6. The lowest BCUT2D eigenvalue weighted by Crippen LogP contribution is -2.45. The Hall–Kier alpha value is -2.35. The number of aliphatic hydroxyl groups excluding tert-OH is 1. The fourth-order valence-corrected chi connectivity index (χ4v) is 5.44. The summed E-state index contributed by atoms with van der Waals surface area (Å²) in [6.07, 6.45) is 4.48. The lowest BCUT2D eigenvalue weighted by atomic mass is 9.71. The molecule has 0 spiro atoms. The summed E-state index contributed by atoms with van der Waals surface area (Å²) in [5, 5.41) is 12.8. The van der Waals surface area contributed by atoms with E-state index >= 15 is 0 Å². The number of nitrogens with one attached hydrogen (secondary N) is 1. The largest absolute Gasteiger partial charge is 0.491 e. The number of hydrogen-bond acceptors (Lipinski definition) is 5. The van der Waals surface area contributed by atoms with Crippen LogP contribution in [0.1, 0.15) is 74.1 Å². The standard InChI is InChI=1S/C30H48N4O3/c1-7-30(8-2,25-11-12-28(23(4)19-25)37-22-24(5)35)26-20-27(34(9-3)21-26)29(36)31-13-10-14-33-17-15-32(6)16-18-33/h11-12,19-21,24,35H,7-10,13-18,22H2,1-6H3,(H,31,36). The molecule has 1 aromatic carbocycles. The molecule has 1 fully saturated rings. The van der Waals surface area contributed by atoms with Gasteiger partial charge < -0.3 is 29.5 Å². The van der Waals surface area contributed by atoms with E-state index in [1.807, 2.05) is 6.07 Å². The third kappa shape index (κ3) is 7.15. The summed E-state index contributed by atoms with van der Waals surface area (Å²) < 4.78 is 7.87. The molecule has 3 rings (SSSR count). The Morgan fingerprint density at radius 2 is 1.81 bits per heavy atom. The molecule has 0 bridgehead atoms. The van der Waals surface area contributed by atoms with Gasteiger partial charge in [0.2, 0.25) is 0 Å². The Morgan fingerprint density at radius 1 is 1.11 bits per heavy atom. The highest BCUT2D eigenvalue weighted by molar-refractivity contribution is 5.93. The van der Waals surface area contributed by atoms with Gasteiger partial charge in [-0.15, -0.1) is 0 Å². The second kappa shape index (κ2) is 13.4. The minimum atomic E-state index is -0.505. The molecule has 0 saturated carbocycles. The molecule has 7 heteroatoms. The van der Waals surface area contributed by atoms with Crippen LogP contribution in [0.5, 0.6) is 5.75 Å². The first-order valence-corrected chi connectivity index (χ1v) is 14.1. The molecule has 0 aliphatic carbocycles. The Bertz CT molecular complexity index is 1000. The maximum atomic E-state index is 13.2. The van der Waals surface area contributed by atoms with Crippen molar-refractivity contribution in [3.63, 3.8) is 0 Å². The molecule has 2 aromatic rings. The molecule has 1 aromatic heterocycles. The maximum Gasteiger partial charge on any atom is 0.267 e. The average Bonchev–Trinajstić information content (AvgIpc) is 3.33. The number of aromatic nitrogens is 1. The summed E-state index contributed by atoms with van der Waals surface area (Å²) in [6, 6.07) is 8.45. The molecule has 1 aliphatic rings. The third-order valence-corrected chi connectivity index (χ3v) is 7.97. The molecule has 7 nitrogen and oxygen atoms in total. The van der Waals surface area contributed by atoms with Crippen LogP contribution in [0.25, 0.3) is 0 Å². The highest BCUT2D eigenvalue weighted by Crippen LogP contribution is 2.41. The minimum absolute atomic E-state index is 0.00522. The fraction of sp³-hybridized carbons (Fsp3) is 0.633. The molecule has 37 heavy (non-hydrogen) atoms. The zero-order chi connectivity index (χ0) is 27.0. The highest BCUT2D eigenvalue weighted by atomic mass is 16.5. The van der Waals surface area contributed by atoms with E-state index in [1.54, 1.807) is 6.92 Å². The maximum absolute atomic E-state index is 13.2. The molecule has 2 N–H and O–H groups in total. The van der Waals surface area contributed by atoms with Gasteiger partial charge in [-0.3, -0.25) is 4.79 Å². The molecule has 2 heterocycles. The van der Waals surface area contributed by atoms with Crippen molar-refractivity contribution in [2.75, 3.05) is 52.9 Å². The Morgan fingerprint density at radius 3 is 2.41 bits per heavy atom. The molecule has 1 unspecified atom stereocenters. The van der Waals surface area contributed by atoms with E-state index in [2.05, 4.69) is 78.8 Å². The highest BCUT2D eigenvalue weighted by Gasteiger charge is 2.33. The number of nitrogens with zero attached hydrogens (tertiary/aromatic N) is 3. The summed E-state index contributed by atoms with van der Waals surface area (Å²) in [6.45, 7) is 17.5. The normalized spacial score (nSPS) is 16.1. The van der Waals surface area contributed by atoms with E-state index in [0.717, 1.165) is 75.5 Å². The first kappa shape index (κ1) is 29.2. The summed E-state index contributed by atoms with van der Waals surface area (Å²) in [5.74, 6) is 0.805. The minimum Gasteiger partial charge on any atom is -0.491 e. The number of likely N-dealkylation sites (N-methyl/N-ethyl adjacent to an activating group) is 1. The van der Waals surface area contributed by atoms with E-state index in [4.69, 9.17) is 4.74 Å². The van der Waals surface area contributed by atoms with Crippen LogP contribution in [-0.2, 0) is 12.0 Å². The third-order valence-electron chi connectivity index (χ3n) is 7.97. The summed E-state index contributed by atoms with van der Waals surface area (Å²) in [5.41, 5.74) is 4.00. The van der Waals surface area contributed by atoms with Crippen molar-refractivity contribution < 1.29 is 14.6 Å². The van der Waals surface area contributed by atoms with E-state index in [0.29, 0.717) is 6.54 Å². The number of carbonyl (C=O) groups excluding carboxylic acids is 1. The van der Waals surface area contributed by atoms with Gasteiger partial charge in [0.15, 0.2) is 0 Å². The summed E-state index contributed by atoms with van der Waals surface area (Å²) in [7, 11) is 2.17. The van der Waals surface area contributed by atoms with Crippen LogP contribution in [0.3, 0.4) is 0 Å². The van der Waals surface area contributed by atoms with Crippen LogP contribution in [-0.4, -0.2) is 84.4 Å². The molecular formula is C30H48N4O3. The Balaban J connectivity index is 1.73. The first-order valence-electron chi connectivity index (χ1n) is 14.1. The molecule has 1 atom stereocenters. The first-order chi connectivity index (χ1) is 17.7. The predicted octanol–water partition coefficient (Wildman–Crippen LogP) is 4.05. The van der Waals surface area contributed by atoms with Gasteiger partial charge in [-0.1, -0.05) is 26.0 Å². The Labute approximate surface area is 223 Å². The Kier molecular flexibility index (Phi) is 10.6. The quantitative estimate of drug-likeness (QED) is 0.396. The van der Waals surface area contributed by atoms with Crippen LogP contribution in [0.2, 0.25) is 0 Å². The number of hydrogen-bond donors (Lipinski definition) is 2. The second-order valence-electron chi connectivity index (χ2n) is 10.6. The average molecular weight is 513 g/mol. The van der Waals surface area contributed by atoms with Gasteiger partial charge in [0.1, 0.15) is 18.1 Å². The van der Waals surface area contributed by atoms with Gasteiger partial charge in [0, 0.05) is 50.9 Å². The topological polar surface area (TPSA) is 70.0 Å². The lowest BCUT2D eigenvalue weighted by Gasteiger charge is -2.32. The molecule has 0 radical (unpaired) electrons. The van der Waals surface area contributed by atoms with Crippen molar-refractivity contribution in [3.05, 3.63) is 52.8 Å². The number of ether oxygens (including phenoxy) is 1. The van der Waals surface area contributed by atoms with Crippen LogP contribution in [0.4, 0.5) is 0 Å². The molecular weight excluding hydrogens is 464 g/mol. The van der Waals surface area contributed by atoms with Crippen molar-refractivity contribution in [1.29, 1.82) is 0 Å². The van der Waals surface area contributed by atoms with Crippen LogP contribution in [0, 0.1) is 6.92 Å². The summed E-state index contributed by atoms with van der Waals surface area (Å²) in [4.78, 5) is 18.1. The van der Waals surface area contributed by atoms with Crippen LogP contribution >= 0.6 is 0 Å². The summed E-state index contributed by atoms with van der Waals surface area (Å²) >= 11 is 0. The van der Waals surface area contributed by atoms with Gasteiger partial charge in [-0.05, 0) is 82.4 Å².